The van der Waals surface area contributed by atoms with E-state index < -0.39 is 0 Å². The summed E-state index contributed by atoms with van der Waals surface area (Å²) >= 11 is 0. The van der Waals surface area contributed by atoms with Crippen molar-refractivity contribution in [3.8, 4) is 5.75 Å². The number of benzene rings is 2. The Morgan fingerprint density at radius 3 is 2.63 bits per heavy atom. The number of aliphatic imine (C=N–C) groups is 1. The molecule has 0 saturated heterocycles. The number of ether oxygens (including phenoxy) is 1. The van der Waals surface area contributed by atoms with Crippen LogP contribution in [0.25, 0.3) is 0 Å². The van der Waals surface area contributed by atoms with Gasteiger partial charge in [0.1, 0.15) is 18.2 Å². The first kappa shape index (κ1) is 11.5. The summed E-state index contributed by atoms with van der Waals surface area (Å²) in [4.78, 5) is 3.94. The second-order valence-corrected chi connectivity index (χ2v) is 4.33. The minimum atomic E-state index is 0.192. The zero-order valence-corrected chi connectivity index (χ0v) is 10.3. The van der Waals surface area contributed by atoms with Crippen LogP contribution in [0, 0.1) is 5.41 Å². The van der Waals surface area contributed by atoms with Crippen LogP contribution in [0.15, 0.2) is 53.5 Å². The topological polar surface area (TPSA) is 71.5 Å². The molecule has 0 unspecified atom stereocenters. The van der Waals surface area contributed by atoms with Gasteiger partial charge in [-0.05, 0) is 23.8 Å². The molecule has 94 valence electrons. The second kappa shape index (κ2) is 4.57. The first-order chi connectivity index (χ1) is 9.24. The molecule has 0 atom stereocenters. The first-order valence-corrected chi connectivity index (χ1v) is 5.98. The van der Waals surface area contributed by atoms with Crippen LogP contribution in [0.2, 0.25) is 0 Å². The van der Waals surface area contributed by atoms with Crippen molar-refractivity contribution in [2.45, 2.75) is 6.61 Å². The van der Waals surface area contributed by atoms with Crippen molar-refractivity contribution in [1.29, 1.82) is 5.41 Å². The third-order valence-electron chi connectivity index (χ3n) is 3.00. The number of fused-ring (bicyclic) bond motifs is 1. The summed E-state index contributed by atoms with van der Waals surface area (Å²) in [7, 11) is 0. The van der Waals surface area contributed by atoms with Crippen LogP contribution in [0.5, 0.6) is 5.75 Å². The molecular weight excluding hydrogens is 238 g/mol. The molecule has 3 rings (SSSR count). The van der Waals surface area contributed by atoms with Gasteiger partial charge in [-0.3, -0.25) is 5.41 Å². The molecule has 2 aromatic carbocycles. The van der Waals surface area contributed by atoms with Gasteiger partial charge in [0.2, 0.25) is 0 Å². The van der Waals surface area contributed by atoms with Gasteiger partial charge in [-0.2, -0.15) is 0 Å². The third-order valence-corrected chi connectivity index (χ3v) is 3.00. The maximum Gasteiger partial charge on any atom is 0.155 e. The van der Waals surface area contributed by atoms with E-state index in [1.165, 1.54) is 0 Å². The largest absolute Gasteiger partial charge is 0.489 e. The Kier molecular flexibility index (Phi) is 2.76. The van der Waals surface area contributed by atoms with E-state index in [0.717, 1.165) is 22.4 Å². The number of nitrogens with zero attached hydrogens (tertiary/aromatic N) is 1. The van der Waals surface area contributed by atoms with Crippen LogP contribution < -0.4 is 10.5 Å². The van der Waals surface area contributed by atoms with Crippen LogP contribution >= 0.6 is 0 Å². The van der Waals surface area contributed by atoms with Crippen LogP contribution in [0.4, 0.5) is 0 Å². The van der Waals surface area contributed by atoms with Gasteiger partial charge in [0.05, 0.1) is 0 Å². The van der Waals surface area contributed by atoms with Crippen LogP contribution in [-0.2, 0) is 6.61 Å². The minimum absolute atomic E-state index is 0.192. The first-order valence-electron chi connectivity index (χ1n) is 5.98. The quantitative estimate of drug-likeness (QED) is 0.878. The summed E-state index contributed by atoms with van der Waals surface area (Å²) in [5, 5.41) is 7.73. The average Bonchev–Trinajstić information content (AvgIpc) is 2.73. The van der Waals surface area contributed by atoms with E-state index in [0.29, 0.717) is 12.4 Å². The molecule has 0 spiro atoms. The lowest BCUT2D eigenvalue weighted by Gasteiger charge is -2.08. The van der Waals surface area contributed by atoms with Gasteiger partial charge in [-0.25, -0.2) is 4.99 Å². The molecule has 0 aliphatic carbocycles. The summed E-state index contributed by atoms with van der Waals surface area (Å²) in [6.45, 7) is 0.503. The lowest BCUT2D eigenvalue weighted by atomic mass is 10.1. The number of hydrogen-bond donors (Lipinski definition) is 2. The zero-order valence-electron chi connectivity index (χ0n) is 10.3. The Morgan fingerprint density at radius 1 is 1.05 bits per heavy atom. The van der Waals surface area contributed by atoms with Gasteiger partial charge in [-0.15, -0.1) is 0 Å². The summed E-state index contributed by atoms with van der Waals surface area (Å²) < 4.78 is 5.71. The van der Waals surface area contributed by atoms with E-state index in [1.54, 1.807) is 0 Å². The van der Waals surface area contributed by atoms with E-state index in [9.17, 15) is 0 Å². The fourth-order valence-corrected chi connectivity index (χ4v) is 2.01. The van der Waals surface area contributed by atoms with Gasteiger partial charge in [0.15, 0.2) is 5.84 Å². The smallest absolute Gasteiger partial charge is 0.155 e. The summed E-state index contributed by atoms with van der Waals surface area (Å²) in [6, 6.07) is 15.5. The maximum absolute atomic E-state index is 7.73. The Balaban J connectivity index is 1.78. The highest BCUT2D eigenvalue weighted by molar-refractivity contribution is 6.20. The molecule has 3 N–H and O–H groups in total. The second-order valence-electron chi connectivity index (χ2n) is 4.33. The minimum Gasteiger partial charge on any atom is -0.489 e. The number of nitrogens with one attached hydrogen (secondary N) is 1. The average molecular weight is 251 g/mol. The predicted octanol–water partition coefficient (Wildman–Crippen LogP) is 2.31. The van der Waals surface area contributed by atoms with Crippen LogP contribution in [0.1, 0.15) is 16.7 Å². The normalized spacial score (nSPS) is 13.1. The molecule has 0 fully saturated rings. The van der Waals surface area contributed by atoms with E-state index >= 15 is 0 Å². The van der Waals surface area contributed by atoms with Crippen molar-refractivity contribution >= 4 is 11.7 Å². The van der Waals surface area contributed by atoms with Gasteiger partial charge in [0.25, 0.3) is 0 Å². The maximum atomic E-state index is 7.73. The molecule has 0 bridgehead atoms. The molecular formula is C15H13N3O. The van der Waals surface area contributed by atoms with E-state index in [-0.39, 0.29) is 5.84 Å². The monoisotopic (exact) mass is 251 g/mol. The molecule has 0 radical (unpaired) electrons. The Hall–Kier alpha value is -2.62. The van der Waals surface area contributed by atoms with E-state index in [1.807, 2.05) is 48.5 Å². The van der Waals surface area contributed by atoms with Crippen molar-refractivity contribution in [2.24, 2.45) is 10.7 Å². The van der Waals surface area contributed by atoms with Crippen molar-refractivity contribution in [1.82, 2.24) is 0 Å². The van der Waals surface area contributed by atoms with Crippen molar-refractivity contribution in [3.63, 3.8) is 0 Å². The lowest BCUT2D eigenvalue weighted by Crippen LogP contribution is -2.10. The summed E-state index contributed by atoms with van der Waals surface area (Å²) in [5.74, 6) is 1.31. The molecule has 1 aliphatic rings. The number of nitrogens with two attached hydrogens (primary N) is 1. The molecule has 0 aromatic heterocycles. The number of amidine groups is 2. The van der Waals surface area contributed by atoms with Crippen LogP contribution in [-0.4, -0.2) is 11.7 Å². The van der Waals surface area contributed by atoms with Crippen LogP contribution in [0.3, 0.4) is 0 Å². The lowest BCUT2D eigenvalue weighted by molar-refractivity contribution is 0.306. The Bertz CT molecular complexity index is 662. The van der Waals surface area contributed by atoms with Gasteiger partial charge in [0, 0.05) is 11.1 Å². The van der Waals surface area contributed by atoms with Gasteiger partial charge < -0.3 is 10.5 Å². The SMILES string of the molecule is N=C1N=C(N)c2ccc(OCc3ccccc3)cc21. The summed E-state index contributed by atoms with van der Waals surface area (Å²) in [6.07, 6.45) is 0. The molecule has 19 heavy (non-hydrogen) atoms. The van der Waals surface area contributed by atoms with Gasteiger partial charge in [-0.1, -0.05) is 30.3 Å². The van der Waals surface area contributed by atoms with E-state index in [4.69, 9.17) is 15.9 Å². The van der Waals surface area contributed by atoms with Gasteiger partial charge >= 0.3 is 0 Å². The molecule has 4 nitrogen and oxygen atoms in total. The highest BCUT2D eigenvalue weighted by Crippen LogP contribution is 2.23. The van der Waals surface area contributed by atoms with E-state index in [2.05, 4.69) is 4.99 Å². The fourth-order valence-electron chi connectivity index (χ4n) is 2.01. The molecule has 0 amide bonds. The highest BCUT2D eigenvalue weighted by atomic mass is 16.5. The predicted molar refractivity (Wildman–Crippen MR) is 74.8 cm³/mol. The fraction of sp³-hybridized carbons (Fsp3) is 0.0667. The highest BCUT2D eigenvalue weighted by Gasteiger charge is 2.18. The van der Waals surface area contributed by atoms with Crippen molar-refractivity contribution < 1.29 is 4.74 Å². The molecule has 4 heteroatoms. The third kappa shape index (κ3) is 2.20. The Morgan fingerprint density at radius 2 is 1.84 bits per heavy atom. The molecule has 2 aromatic rings. The summed E-state index contributed by atoms with van der Waals surface area (Å²) in [5.41, 5.74) is 8.35. The molecule has 1 heterocycles. The zero-order chi connectivity index (χ0) is 13.2. The number of rotatable bonds is 3. The molecule has 1 aliphatic heterocycles. The van der Waals surface area contributed by atoms with Crippen molar-refractivity contribution in [3.05, 3.63) is 65.2 Å². The molecule has 0 saturated carbocycles. The Labute approximate surface area is 111 Å². The standard InChI is InChI=1S/C15H13N3O/c16-14-12-7-6-11(8-13(12)15(17)18-14)19-9-10-4-2-1-3-5-10/h1-8H,9H2,(H3,16,17,18). The van der Waals surface area contributed by atoms with Crippen molar-refractivity contribution in [2.75, 3.05) is 0 Å². The number of hydrogen-bond acceptors (Lipinski definition) is 3.